The number of nitrogens with zero attached hydrogens (tertiary/aromatic N) is 4. The summed E-state index contributed by atoms with van der Waals surface area (Å²) in [6, 6.07) is 8.80. The van der Waals surface area contributed by atoms with Gasteiger partial charge in [0, 0.05) is 36.1 Å². The molecular formula is C20H20N6O3S. The average Bonchev–Trinajstić information content (AvgIpc) is 3.35. The second-order valence-electron chi connectivity index (χ2n) is 6.76. The molecule has 0 spiro atoms. The van der Waals surface area contributed by atoms with Gasteiger partial charge in [-0.25, -0.2) is 9.97 Å². The number of carbonyl (C=O) groups is 2. The average molecular weight is 424 g/mol. The summed E-state index contributed by atoms with van der Waals surface area (Å²) in [4.78, 5) is 35.4. The van der Waals surface area contributed by atoms with Crippen molar-refractivity contribution in [2.75, 3.05) is 23.7 Å². The fraction of sp³-hybridized carbons (Fsp3) is 0.250. The molecule has 154 valence electrons. The lowest BCUT2D eigenvalue weighted by atomic mass is 10.0. The predicted octanol–water partition coefficient (Wildman–Crippen LogP) is 2.38. The van der Waals surface area contributed by atoms with Crippen LogP contribution in [0.4, 0.5) is 11.6 Å². The second-order valence-corrected chi connectivity index (χ2v) is 7.79. The molecule has 0 aliphatic carbocycles. The van der Waals surface area contributed by atoms with E-state index in [2.05, 4.69) is 20.4 Å². The topological polar surface area (TPSA) is 134 Å². The number of nitrogen functional groups attached to an aromatic ring is 1. The molecule has 2 amide bonds. The minimum absolute atomic E-state index is 0.0160. The molecule has 10 heteroatoms. The third kappa shape index (κ3) is 3.57. The van der Waals surface area contributed by atoms with Crippen LogP contribution < -0.4 is 16.0 Å². The number of oxime groups is 1. The maximum atomic E-state index is 12.2. The zero-order valence-corrected chi connectivity index (χ0v) is 17.1. The summed E-state index contributed by atoms with van der Waals surface area (Å²) in [5.74, 6) is -0.102. The first kappa shape index (κ1) is 19.8. The Morgan fingerprint density at radius 2 is 2.10 bits per heavy atom. The Kier molecular flexibility index (Phi) is 5.32. The molecule has 4 N–H and O–H groups in total. The number of amides is 2. The molecule has 3 heterocycles. The minimum Gasteiger partial charge on any atom is -0.410 e. The zero-order chi connectivity index (χ0) is 21.3. The number of fused-ring (bicyclic) bond motifs is 1. The molecule has 1 aliphatic rings. The van der Waals surface area contributed by atoms with Crippen LogP contribution in [-0.4, -0.2) is 45.8 Å². The van der Waals surface area contributed by atoms with Crippen LogP contribution in [0.25, 0.3) is 10.2 Å². The molecule has 2 aromatic heterocycles. The van der Waals surface area contributed by atoms with Crippen LogP contribution >= 0.6 is 11.3 Å². The van der Waals surface area contributed by atoms with Gasteiger partial charge < -0.3 is 21.2 Å². The SMILES string of the molecule is CCNC(=O)c1cc2c(/C(=N\O)c3ccc(N4CCCC4=O)cc3)nc(N)nc2s1. The van der Waals surface area contributed by atoms with Crippen molar-refractivity contribution < 1.29 is 14.8 Å². The molecule has 0 saturated carbocycles. The molecule has 3 aromatic rings. The van der Waals surface area contributed by atoms with E-state index < -0.39 is 0 Å². The standard InChI is InChI=1S/C20H20N6O3S/c1-2-22-18(28)14-10-13-17(23-20(21)24-19(13)30-14)16(25-29)11-5-7-12(8-6-11)26-9-3-4-15(26)27/h5-8,10,29H,2-4,9H2,1H3,(H,22,28)(H2,21,23,24)/b25-16-. The molecule has 0 atom stereocenters. The Balaban J connectivity index is 1.74. The van der Waals surface area contributed by atoms with Crippen molar-refractivity contribution in [3.63, 3.8) is 0 Å². The van der Waals surface area contributed by atoms with Gasteiger partial charge >= 0.3 is 0 Å². The lowest BCUT2D eigenvalue weighted by Crippen LogP contribution is -2.23. The van der Waals surface area contributed by atoms with Crippen molar-refractivity contribution in [3.8, 4) is 0 Å². The number of benzene rings is 1. The van der Waals surface area contributed by atoms with Crippen LogP contribution in [-0.2, 0) is 4.79 Å². The van der Waals surface area contributed by atoms with Gasteiger partial charge in [-0.3, -0.25) is 9.59 Å². The maximum absolute atomic E-state index is 12.2. The Morgan fingerprint density at radius 3 is 2.73 bits per heavy atom. The summed E-state index contributed by atoms with van der Waals surface area (Å²) in [6.45, 7) is 3.03. The molecule has 0 radical (unpaired) electrons. The normalized spacial score (nSPS) is 14.5. The lowest BCUT2D eigenvalue weighted by molar-refractivity contribution is -0.117. The van der Waals surface area contributed by atoms with E-state index in [0.29, 0.717) is 45.9 Å². The van der Waals surface area contributed by atoms with Gasteiger partial charge in [0.1, 0.15) is 16.2 Å². The summed E-state index contributed by atoms with van der Waals surface area (Å²) in [6.07, 6.45) is 1.39. The number of nitrogens with two attached hydrogens (primary N) is 1. The van der Waals surface area contributed by atoms with Gasteiger partial charge in [-0.15, -0.1) is 11.3 Å². The van der Waals surface area contributed by atoms with E-state index in [4.69, 9.17) is 5.73 Å². The van der Waals surface area contributed by atoms with E-state index in [0.717, 1.165) is 12.1 Å². The third-order valence-electron chi connectivity index (χ3n) is 4.82. The zero-order valence-electron chi connectivity index (χ0n) is 16.3. The van der Waals surface area contributed by atoms with Gasteiger partial charge in [0.2, 0.25) is 11.9 Å². The summed E-state index contributed by atoms with van der Waals surface area (Å²) < 4.78 is 0. The van der Waals surface area contributed by atoms with E-state index in [1.165, 1.54) is 11.3 Å². The number of rotatable bonds is 5. The first-order valence-electron chi connectivity index (χ1n) is 9.50. The van der Waals surface area contributed by atoms with Gasteiger partial charge in [-0.05, 0) is 31.5 Å². The minimum atomic E-state index is -0.216. The van der Waals surface area contributed by atoms with Crippen molar-refractivity contribution in [3.05, 3.63) is 46.5 Å². The van der Waals surface area contributed by atoms with E-state index in [1.54, 1.807) is 35.2 Å². The Bertz CT molecular complexity index is 1160. The van der Waals surface area contributed by atoms with Crippen LogP contribution in [0.2, 0.25) is 0 Å². The predicted molar refractivity (Wildman–Crippen MR) is 115 cm³/mol. The Morgan fingerprint density at radius 1 is 1.33 bits per heavy atom. The molecule has 4 rings (SSSR count). The molecule has 1 aromatic carbocycles. The van der Waals surface area contributed by atoms with E-state index in [9.17, 15) is 14.8 Å². The van der Waals surface area contributed by atoms with Crippen molar-refractivity contribution in [2.24, 2.45) is 5.16 Å². The summed E-state index contributed by atoms with van der Waals surface area (Å²) in [7, 11) is 0. The molecule has 9 nitrogen and oxygen atoms in total. The molecular weight excluding hydrogens is 404 g/mol. The van der Waals surface area contributed by atoms with Gasteiger partial charge in [0.15, 0.2) is 0 Å². The number of nitrogens with one attached hydrogen (secondary N) is 1. The number of carbonyl (C=O) groups excluding carboxylic acids is 2. The maximum Gasteiger partial charge on any atom is 0.261 e. The number of aromatic nitrogens is 2. The molecule has 0 unspecified atom stereocenters. The van der Waals surface area contributed by atoms with Crippen molar-refractivity contribution in [2.45, 2.75) is 19.8 Å². The van der Waals surface area contributed by atoms with Crippen LogP contribution in [0.3, 0.4) is 0 Å². The molecule has 30 heavy (non-hydrogen) atoms. The first-order valence-corrected chi connectivity index (χ1v) is 10.3. The number of hydrogen-bond donors (Lipinski definition) is 3. The number of hydrogen-bond acceptors (Lipinski definition) is 8. The highest BCUT2D eigenvalue weighted by atomic mass is 32.1. The highest BCUT2D eigenvalue weighted by Crippen LogP contribution is 2.29. The third-order valence-corrected chi connectivity index (χ3v) is 5.85. The van der Waals surface area contributed by atoms with E-state index in [1.807, 2.05) is 6.92 Å². The molecule has 1 fully saturated rings. The summed E-state index contributed by atoms with van der Waals surface area (Å²) in [5, 5.41) is 16.5. The fourth-order valence-corrected chi connectivity index (χ4v) is 4.39. The quantitative estimate of drug-likeness (QED) is 0.327. The van der Waals surface area contributed by atoms with Crippen LogP contribution in [0.5, 0.6) is 0 Å². The van der Waals surface area contributed by atoms with Crippen molar-refractivity contribution in [1.82, 2.24) is 15.3 Å². The Hall–Kier alpha value is -3.53. The van der Waals surface area contributed by atoms with Crippen molar-refractivity contribution in [1.29, 1.82) is 0 Å². The lowest BCUT2D eigenvalue weighted by Gasteiger charge is -2.16. The summed E-state index contributed by atoms with van der Waals surface area (Å²) >= 11 is 1.19. The smallest absolute Gasteiger partial charge is 0.261 e. The highest BCUT2D eigenvalue weighted by Gasteiger charge is 2.23. The number of anilines is 2. The van der Waals surface area contributed by atoms with Crippen LogP contribution in [0.1, 0.15) is 40.7 Å². The monoisotopic (exact) mass is 424 g/mol. The Labute approximate surface area is 176 Å². The first-order chi connectivity index (χ1) is 14.5. The molecule has 1 saturated heterocycles. The van der Waals surface area contributed by atoms with Crippen LogP contribution in [0.15, 0.2) is 35.5 Å². The fourth-order valence-electron chi connectivity index (χ4n) is 3.44. The van der Waals surface area contributed by atoms with Gasteiger partial charge in [0.05, 0.1) is 4.88 Å². The van der Waals surface area contributed by atoms with E-state index >= 15 is 0 Å². The largest absolute Gasteiger partial charge is 0.410 e. The second kappa shape index (κ2) is 8.07. The van der Waals surface area contributed by atoms with E-state index in [-0.39, 0.29) is 23.5 Å². The highest BCUT2D eigenvalue weighted by molar-refractivity contribution is 7.20. The summed E-state index contributed by atoms with van der Waals surface area (Å²) in [5.41, 5.74) is 7.78. The van der Waals surface area contributed by atoms with Crippen LogP contribution in [0, 0.1) is 0 Å². The van der Waals surface area contributed by atoms with Gasteiger partial charge in [-0.2, -0.15) is 0 Å². The van der Waals surface area contributed by atoms with Crippen molar-refractivity contribution >= 4 is 50.7 Å². The van der Waals surface area contributed by atoms with Gasteiger partial charge in [0.25, 0.3) is 5.91 Å². The van der Waals surface area contributed by atoms with Gasteiger partial charge in [-0.1, -0.05) is 17.3 Å². The molecule has 0 bridgehead atoms. The number of thiophene rings is 1. The molecule has 1 aliphatic heterocycles.